The SMILES string of the molecule is C[C@H](CCCO)[C@H]1CC[C@H]2C3[C@H](NC(=O)[C@@H](N)CCCCN)CC4C[C@H](NC(=O)[C@@H](N)CCCCN)CCC4(C)[C@H]3C[C@H](NC(=O)[C@@H](N)CCCCN)[C@]12C. The van der Waals surface area contributed by atoms with E-state index in [0.29, 0.717) is 50.7 Å². The molecule has 13 nitrogen and oxygen atoms in total. The van der Waals surface area contributed by atoms with Crippen LogP contribution in [0.4, 0.5) is 0 Å². The van der Waals surface area contributed by atoms with Crippen LogP contribution in [-0.4, -0.2) is 85.3 Å². The third-order valence-electron chi connectivity index (χ3n) is 15.4. The quantitative estimate of drug-likeness (QED) is 0.0716. The third kappa shape index (κ3) is 10.8. The van der Waals surface area contributed by atoms with E-state index in [9.17, 15) is 19.5 Å². The maximum Gasteiger partial charge on any atom is 0.237 e. The fourth-order valence-electron chi connectivity index (χ4n) is 12.1. The van der Waals surface area contributed by atoms with E-state index < -0.39 is 18.1 Å². The Morgan fingerprint density at radius 1 is 0.673 bits per heavy atom. The monoisotopic (exact) mass is 776 g/mol. The molecule has 4 aliphatic rings. The third-order valence-corrected chi connectivity index (χ3v) is 15.4. The highest BCUT2D eigenvalue weighted by Crippen LogP contribution is 2.68. The molecule has 4 saturated carbocycles. The second-order valence-electron chi connectivity index (χ2n) is 18.7. The first kappa shape index (κ1) is 45.8. The molecule has 318 valence electrons. The lowest BCUT2D eigenvalue weighted by Crippen LogP contribution is -2.68. The summed E-state index contributed by atoms with van der Waals surface area (Å²) in [5.41, 5.74) is 36.3. The molecule has 55 heavy (non-hydrogen) atoms. The molecule has 13 heteroatoms. The molecule has 0 aromatic carbocycles. The molecule has 0 bridgehead atoms. The van der Waals surface area contributed by atoms with Gasteiger partial charge in [0.1, 0.15) is 0 Å². The Morgan fingerprint density at radius 3 is 1.76 bits per heavy atom. The summed E-state index contributed by atoms with van der Waals surface area (Å²) in [7, 11) is 0. The van der Waals surface area contributed by atoms with Crippen LogP contribution < -0.4 is 50.4 Å². The van der Waals surface area contributed by atoms with Gasteiger partial charge >= 0.3 is 0 Å². The lowest BCUT2D eigenvalue weighted by Gasteiger charge is -2.65. The van der Waals surface area contributed by atoms with E-state index in [0.717, 1.165) is 96.3 Å². The van der Waals surface area contributed by atoms with Crippen molar-refractivity contribution in [3.05, 3.63) is 0 Å². The zero-order chi connectivity index (χ0) is 40.3. The van der Waals surface area contributed by atoms with Gasteiger partial charge in [0.25, 0.3) is 0 Å². The van der Waals surface area contributed by atoms with Crippen LogP contribution in [0.2, 0.25) is 0 Å². The van der Waals surface area contributed by atoms with Gasteiger partial charge in [-0.3, -0.25) is 14.4 Å². The molecule has 16 N–H and O–H groups in total. The predicted molar refractivity (Wildman–Crippen MR) is 220 cm³/mol. The van der Waals surface area contributed by atoms with Crippen molar-refractivity contribution in [2.75, 3.05) is 26.2 Å². The number of unbranched alkanes of at least 4 members (excludes halogenated alkanes) is 3. The molecule has 0 spiro atoms. The van der Waals surface area contributed by atoms with Crippen LogP contribution in [0.25, 0.3) is 0 Å². The average Bonchev–Trinajstić information content (AvgIpc) is 3.52. The van der Waals surface area contributed by atoms with Gasteiger partial charge < -0.3 is 55.5 Å². The van der Waals surface area contributed by atoms with Gasteiger partial charge in [-0.05, 0) is 162 Å². The van der Waals surface area contributed by atoms with Gasteiger partial charge in [0.2, 0.25) is 17.7 Å². The maximum absolute atomic E-state index is 13.9. The van der Waals surface area contributed by atoms with Gasteiger partial charge in [-0.2, -0.15) is 0 Å². The fraction of sp³-hybridized carbons (Fsp3) is 0.929. The highest BCUT2D eigenvalue weighted by molar-refractivity contribution is 5.82. The van der Waals surface area contributed by atoms with Crippen molar-refractivity contribution in [3.8, 4) is 0 Å². The molecule has 0 aromatic heterocycles. The molecule has 0 aromatic rings. The minimum Gasteiger partial charge on any atom is -0.396 e. The van der Waals surface area contributed by atoms with Crippen molar-refractivity contribution in [2.24, 2.45) is 80.7 Å². The van der Waals surface area contributed by atoms with E-state index >= 15 is 0 Å². The van der Waals surface area contributed by atoms with Crippen LogP contribution in [0.1, 0.15) is 136 Å². The summed E-state index contributed by atoms with van der Waals surface area (Å²) < 4.78 is 0. The summed E-state index contributed by atoms with van der Waals surface area (Å²) in [5, 5.41) is 20.2. The average molecular weight is 776 g/mol. The number of fused-ring (bicyclic) bond motifs is 5. The summed E-state index contributed by atoms with van der Waals surface area (Å²) >= 11 is 0. The Kier molecular flexibility index (Phi) is 17.7. The van der Waals surface area contributed by atoms with E-state index in [-0.39, 0.29) is 77.0 Å². The first-order valence-corrected chi connectivity index (χ1v) is 22.2. The number of nitrogens with one attached hydrogen (secondary N) is 3. The van der Waals surface area contributed by atoms with Crippen LogP contribution in [0.15, 0.2) is 0 Å². The van der Waals surface area contributed by atoms with E-state index in [1.807, 2.05) is 0 Å². The van der Waals surface area contributed by atoms with Gasteiger partial charge in [0, 0.05) is 24.7 Å². The lowest BCUT2D eigenvalue weighted by atomic mass is 9.42. The van der Waals surface area contributed by atoms with Crippen molar-refractivity contribution in [1.82, 2.24) is 16.0 Å². The van der Waals surface area contributed by atoms with Gasteiger partial charge in [-0.25, -0.2) is 0 Å². The predicted octanol–water partition coefficient (Wildman–Crippen LogP) is 2.10. The van der Waals surface area contributed by atoms with Crippen LogP contribution >= 0.6 is 0 Å². The Hall–Kier alpha value is -1.87. The van der Waals surface area contributed by atoms with Gasteiger partial charge in [-0.1, -0.05) is 40.0 Å². The highest BCUT2D eigenvalue weighted by atomic mass is 16.3. The zero-order valence-electron chi connectivity index (χ0n) is 34.6. The lowest BCUT2D eigenvalue weighted by molar-refractivity contribution is -0.154. The Labute approximate surface area is 332 Å². The van der Waals surface area contributed by atoms with Gasteiger partial charge in [-0.15, -0.1) is 0 Å². The molecule has 0 radical (unpaired) electrons. The molecule has 0 aliphatic heterocycles. The van der Waals surface area contributed by atoms with Crippen LogP contribution in [0, 0.1) is 46.3 Å². The number of hydrogen-bond acceptors (Lipinski definition) is 10. The second-order valence-corrected chi connectivity index (χ2v) is 18.7. The zero-order valence-corrected chi connectivity index (χ0v) is 34.6. The van der Waals surface area contributed by atoms with E-state index in [2.05, 4.69) is 36.7 Å². The van der Waals surface area contributed by atoms with E-state index in [1.54, 1.807) is 0 Å². The number of hydrogen-bond donors (Lipinski definition) is 10. The number of amides is 3. The first-order chi connectivity index (χ1) is 26.3. The van der Waals surface area contributed by atoms with Crippen molar-refractivity contribution >= 4 is 17.7 Å². The maximum atomic E-state index is 13.9. The molecule has 3 amide bonds. The molecule has 14 atom stereocenters. The van der Waals surface area contributed by atoms with Crippen molar-refractivity contribution in [3.63, 3.8) is 0 Å². The summed E-state index contributed by atoms with van der Waals surface area (Å²) in [6, 6.07) is -1.89. The molecule has 0 saturated heterocycles. The summed E-state index contributed by atoms with van der Waals surface area (Å²) in [5.74, 6) is 1.41. The van der Waals surface area contributed by atoms with Gasteiger partial charge in [0.05, 0.1) is 18.1 Å². The van der Waals surface area contributed by atoms with E-state index in [4.69, 9.17) is 34.4 Å². The van der Waals surface area contributed by atoms with Crippen molar-refractivity contribution in [1.29, 1.82) is 0 Å². The summed E-state index contributed by atoms with van der Waals surface area (Å²) in [6.45, 7) is 9.07. The summed E-state index contributed by atoms with van der Waals surface area (Å²) in [4.78, 5) is 41.1. The van der Waals surface area contributed by atoms with E-state index in [1.165, 1.54) is 0 Å². The van der Waals surface area contributed by atoms with Gasteiger partial charge in [0.15, 0.2) is 0 Å². The van der Waals surface area contributed by atoms with Crippen LogP contribution in [-0.2, 0) is 14.4 Å². The molecular formula is C42H81N9O4. The Bertz CT molecular complexity index is 1230. The minimum atomic E-state index is -0.602. The smallest absolute Gasteiger partial charge is 0.237 e. The summed E-state index contributed by atoms with van der Waals surface area (Å²) in [6.07, 6.45) is 14.8. The Morgan fingerprint density at radius 2 is 1.22 bits per heavy atom. The Balaban J connectivity index is 1.68. The number of aliphatic hydroxyl groups excluding tert-OH is 1. The number of rotatable bonds is 22. The van der Waals surface area contributed by atoms with Crippen LogP contribution in [0.5, 0.6) is 0 Å². The standard InChI is InChI=1S/C42H81N9O4/c1-26(11-10-22-52)29-15-16-30-37-31(25-36(42(29,30)3)51-40(55)34(48)14-6-9-21-45)41(2)18-17-28(49-38(53)32(46)12-4-7-19-43)23-27(41)24-35(37)50-39(54)33(47)13-5-8-20-44/h26-37,52H,4-25,43-48H2,1-3H3,(H,49,53)(H,50,54)(H,51,55)/t26-,27?,28-,29-,30+,31+,32+,33+,34+,35-,36+,37?,41?,42-/m1/s1. The molecule has 4 rings (SSSR count). The number of aliphatic hydroxyl groups is 1. The second kappa shape index (κ2) is 21.2. The number of carbonyl (C=O) groups is 3. The molecule has 4 fully saturated rings. The minimum absolute atomic E-state index is 0.0108. The van der Waals surface area contributed by atoms with Crippen molar-refractivity contribution < 1.29 is 19.5 Å². The first-order valence-electron chi connectivity index (χ1n) is 22.2. The van der Waals surface area contributed by atoms with Crippen LogP contribution in [0.3, 0.4) is 0 Å². The normalized spacial score (nSPS) is 35.0. The molecule has 4 aliphatic carbocycles. The molecule has 3 unspecified atom stereocenters. The largest absolute Gasteiger partial charge is 0.396 e. The fourth-order valence-corrected chi connectivity index (χ4v) is 12.1. The highest BCUT2D eigenvalue weighted by Gasteiger charge is 2.66. The molecule has 0 heterocycles. The number of carbonyl (C=O) groups excluding carboxylic acids is 3. The topological polar surface area (TPSA) is 264 Å². The van der Waals surface area contributed by atoms with Crippen molar-refractivity contribution in [2.45, 2.75) is 173 Å². The number of nitrogens with two attached hydrogens (primary N) is 6. The molecular weight excluding hydrogens is 695 g/mol.